The van der Waals surface area contributed by atoms with E-state index in [-0.39, 0.29) is 30.4 Å². The second-order valence-corrected chi connectivity index (χ2v) is 9.86. The lowest BCUT2D eigenvalue weighted by Crippen LogP contribution is -2.30. The number of alkyl halides is 3. The lowest BCUT2D eigenvalue weighted by molar-refractivity contribution is -0.137. The number of carbonyl (C=O) groups is 1. The van der Waals surface area contributed by atoms with Gasteiger partial charge in [-0.25, -0.2) is 27.9 Å². The molecule has 33 heavy (non-hydrogen) atoms. The van der Waals surface area contributed by atoms with E-state index in [0.29, 0.717) is 30.9 Å². The lowest BCUT2D eigenvalue weighted by Gasteiger charge is -2.22. The molecule has 0 radical (unpaired) electrons. The first-order chi connectivity index (χ1) is 15.3. The summed E-state index contributed by atoms with van der Waals surface area (Å²) in [6.07, 6.45) is -2.79. The lowest BCUT2D eigenvalue weighted by atomic mass is 10.1. The van der Waals surface area contributed by atoms with Crippen molar-refractivity contribution in [1.29, 1.82) is 0 Å². The first-order valence-corrected chi connectivity index (χ1v) is 12.0. The number of benzene rings is 1. The van der Waals surface area contributed by atoms with Crippen LogP contribution in [0.25, 0.3) is 11.4 Å². The van der Waals surface area contributed by atoms with E-state index in [1.807, 2.05) is 4.90 Å². The number of rotatable bonds is 7. The van der Waals surface area contributed by atoms with E-state index >= 15 is 0 Å². The SMILES string of the molecule is CS(=O)(=O)NCc1cnc(-c2ccc(Cl)c(C(F)(F)F)c2)nc1N1CCC(CNC(=O)O)C1. The maximum atomic E-state index is 13.3. The van der Waals surface area contributed by atoms with E-state index < -0.39 is 32.9 Å². The number of halogens is 4. The van der Waals surface area contributed by atoms with Crippen LogP contribution < -0.4 is 14.9 Å². The van der Waals surface area contributed by atoms with Crippen molar-refractivity contribution in [2.24, 2.45) is 5.92 Å². The Morgan fingerprint density at radius 3 is 2.73 bits per heavy atom. The fourth-order valence-corrected chi connectivity index (χ4v) is 4.09. The van der Waals surface area contributed by atoms with Crippen LogP contribution in [0.15, 0.2) is 24.4 Å². The highest BCUT2D eigenvalue weighted by molar-refractivity contribution is 7.88. The van der Waals surface area contributed by atoms with Gasteiger partial charge in [-0.15, -0.1) is 0 Å². The molecule has 1 aliphatic rings. The molecule has 0 spiro atoms. The van der Waals surface area contributed by atoms with Gasteiger partial charge in [-0.3, -0.25) is 0 Å². The van der Waals surface area contributed by atoms with Crippen molar-refractivity contribution in [2.75, 3.05) is 30.8 Å². The summed E-state index contributed by atoms with van der Waals surface area (Å²) < 4.78 is 65.3. The Labute approximate surface area is 193 Å². The van der Waals surface area contributed by atoms with Crippen LogP contribution in [0.4, 0.5) is 23.8 Å². The molecule has 1 fully saturated rings. The number of anilines is 1. The summed E-state index contributed by atoms with van der Waals surface area (Å²) in [5.74, 6) is 0.363. The zero-order chi connectivity index (χ0) is 24.4. The molecule has 2 heterocycles. The molecule has 1 aromatic heterocycles. The van der Waals surface area contributed by atoms with Crippen LogP contribution in [0, 0.1) is 5.92 Å². The monoisotopic (exact) mass is 507 g/mol. The minimum atomic E-state index is -4.66. The highest BCUT2D eigenvalue weighted by atomic mass is 35.5. The smallest absolute Gasteiger partial charge is 0.417 e. The van der Waals surface area contributed by atoms with Crippen molar-refractivity contribution in [3.8, 4) is 11.4 Å². The Kier molecular flexibility index (Phi) is 7.34. The highest BCUT2D eigenvalue weighted by Gasteiger charge is 2.34. The summed E-state index contributed by atoms with van der Waals surface area (Å²) >= 11 is 5.70. The average molecular weight is 508 g/mol. The molecule has 0 aliphatic carbocycles. The predicted octanol–water partition coefficient (Wildman–Crippen LogP) is 2.96. The van der Waals surface area contributed by atoms with Crippen molar-refractivity contribution in [1.82, 2.24) is 20.0 Å². The molecule has 1 atom stereocenters. The number of aromatic nitrogens is 2. The quantitative estimate of drug-likeness (QED) is 0.526. The van der Waals surface area contributed by atoms with Crippen molar-refractivity contribution in [2.45, 2.75) is 19.1 Å². The zero-order valence-electron chi connectivity index (χ0n) is 17.4. The Hall–Kier alpha value is -2.64. The van der Waals surface area contributed by atoms with Crippen LogP contribution in [0.2, 0.25) is 5.02 Å². The van der Waals surface area contributed by atoms with Crippen LogP contribution in [-0.4, -0.2) is 55.5 Å². The van der Waals surface area contributed by atoms with Gasteiger partial charge >= 0.3 is 12.3 Å². The van der Waals surface area contributed by atoms with Crippen LogP contribution in [0.3, 0.4) is 0 Å². The number of hydrogen-bond donors (Lipinski definition) is 3. The van der Waals surface area contributed by atoms with Gasteiger partial charge in [-0.1, -0.05) is 11.6 Å². The Morgan fingerprint density at radius 1 is 1.36 bits per heavy atom. The molecule has 1 aliphatic heterocycles. The maximum Gasteiger partial charge on any atom is 0.417 e. The molecule has 2 aromatic rings. The molecule has 1 unspecified atom stereocenters. The minimum Gasteiger partial charge on any atom is -0.465 e. The van der Waals surface area contributed by atoms with E-state index in [2.05, 4.69) is 20.0 Å². The number of hydrogen-bond acceptors (Lipinski definition) is 6. The number of carboxylic acid groups (broad SMARTS) is 1. The third kappa shape index (κ3) is 6.68. The van der Waals surface area contributed by atoms with Gasteiger partial charge in [0.1, 0.15) is 5.82 Å². The first-order valence-electron chi connectivity index (χ1n) is 9.73. The second kappa shape index (κ2) is 9.69. The normalized spacial score (nSPS) is 16.8. The molecule has 1 saturated heterocycles. The Balaban J connectivity index is 1.96. The molecular weight excluding hydrogens is 487 g/mol. The summed E-state index contributed by atoms with van der Waals surface area (Å²) in [5, 5.41) is 10.7. The van der Waals surface area contributed by atoms with Crippen LogP contribution in [-0.2, 0) is 22.7 Å². The molecule has 0 saturated carbocycles. The number of nitrogens with one attached hydrogen (secondary N) is 2. The van der Waals surface area contributed by atoms with E-state index in [1.54, 1.807) is 0 Å². The third-order valence-corrected chi connectivity index (χ3v) is 6.02. The van der Waals surface area contributed by atoms with Gasteiger partial charge in [0.2, 0.25) is 10.0 Å². The van der Waals surface area contributed by atoms with Crippen molar-refractivity contribution >= 4 is 33.5 Å². The topological polar surface area (TPSA) is 125 Å². The molecule has 0 bridgehead atoms. The van der Waals surface area contributed by atoms with E-state index in [1.165, 1.54) is 12.3 Å². The average Bonchev–Trinajstić information content (AvgIpc) is 3.18. The van der Waals surface area contributed by atoms with Crippen LogP contribution in [0.5, 0.6) is 0 Å². The second-order valence-electron chi connectivity index (χ2n) is 7.61. The third-order valence-electron chi connectivity index (χ3n) is 5.02. The molecular formula is C19H21ClF3N5O4S. The van der Waals surface area contributed by atoms with Crippen LogP contribution in [0.1, 0.15) is 17.5 Å². The summed E-state index contributed by atoms with van der Waals surface area (Å²) in [7, 11) is -3.52. The minimum absolute atomic E-state index is 0.0115. The van der Waals surface area contributed by atoms with Crippen molar-refractivity contribution in [3.63, 3.8) is 0 Å². The molecule has 1 amide bonds. The van der Waals surface area contributed by atoms with Gasteiger partial charge in [-0.05, 0) is 30.5 Å². The first kappa shape index (κ1) is 25.0. The van der Waals surface area contributed by atoms with Crippen molar-refractivity contribution < 1.29 is 31.5 Å². The van der Waals surface area contributed by atoms with Gasteiger partial charge < -0.3 is 15.3 Å². The molecule has 180 valence electrons. The Bertz CT molecular complexity index is 1150. The fraction of sp³-hybridized carbons (Fsp3) is 0.421. The Morgan fingerprint density at radius 2 is 2.09 bits per heavy atom. The summed E-state index contributed by atoms with van der Waals surface area (Å²) in [6, 6.07) is 3.35. The largest absolute Gasteiger partial charge is 0.465 e. The standard InChI is InChI=1S/C19H21ClF3N5O4S/c1-33(31,32)26-9-13-8-24-16(12-2-3-15(20)14(6-12)19(21,22)23)27-17(13)28-5-4-11(10-28)7-25-18(29)30/h2-3,6,8,11,25-26H,4-5,7,9-10H2,1H3,(H,29,30). The van der Waals surface area contributed by atoms with Gasteiger partial charge in [0, 0.05) is 43.5 Å². The molecule has 14 heteroatoms. The predicted molar refractivity (Wildman–Crippen MR) is 116 cm³/mol. The molecule has 3 rings (SSSR count). The maximum absolute atomic E-state index is 13.3. The number of nitrogens with zero attached hydrogens (tertiary/aromatic N) is 3. The fourth-order valence-electron chi connectivity index (χ4n) is 3.45. The van der Waals surface area contributed by atoms with Gasteiger partial charge in [0.05, 0.1) is 16.8 Å². The van der Waals surface area contributed by atoms with E-state index in [0.717, 1.165) is 18.4 Å². The van der Waals surface area contributed by atoms with Crippen molar-refractivity contribution in [3.05, 3.63) is 40.5 Å². The number of sulfonamides is 1. The van der Waals surface area contributed by atoms with Gasteiger partial charge in [-0.2, -0.15) is 13.2 Å². The number of amides is 1. The van der Waals surface area contributed by atoms with Crippen LogP contribution >= 0.6 is 11.6 Å². The summed E-state index contributed by atoms with van der Waals surface area (Å²) in [6.45, 7) is 1.05. The highest BCUT2D eigenvalue weighted by Crippen LogP contribution is 2.37. The van der Waals surface area contributed by atoms with Gasteiger partial charge in [0.15, 0.2) is 5.82 Å². The summed E-state index contributed by atoms with van der Waals surface area (Å²) in [5.41, 5.74) is -0.490. The van der Waals surface area contributed by atoms with E-state index in [4.69, 9.17) is 16.7 Å². The van der Waals surface area contributed by atoms with Gasteiger partial charge in [0.25, 0.3) is 0 Å². The zero-order valence-corrected chi connectivity index (χ0v) is 18.9. The molecule has 9 nitrogen and oxygen atoms in total. The summed E-state index contributed by atoms with van der Waals surface area (Å²) in [4.78, 5) is 21.2. The molecule has 1 aromatic carbocycles. The van der Waals surface area contributed by atoms with E-state index in [9.17, 15) is 26.4 Å². The molecule has 3 N–H and O–H groups in total.